The summed E-state index contributed by atoms with van der Waals surface area (Å²) in [6.07, 6.45) is 0. The first-order valence-corrected chi connectivity index (χ1v) is 3.05. The highest BCUT2D eigenvalue weighted by Gasteiger charge is 2.00. The Hall–Kier alpha value is -1.04. The molecule has 0 N–H and O–H groups in total. The van der Waals surface area contributed by atoms with Gasteiger partial charge in [0.15, 0.2) is 0 Å². The van der Waals surface area contributed by atoms with E-state index in [1.54, 1.807) is 0 Å². The van der Waals surface area contributed by atoms with E-state index in [0.717, 1.165) is 5.01 Å². The van der Waals surface area contributed by atoms with Crippen LogP contribution in [0.4, 0.5) is 5.13 Å². The topological polar surface area (TPSA) is 58.5 Å². The van der Waals surface area contributed by atoms with Crippen molar-refractivity contribution in [1.82, 2.24) is 10.2 Å². The van der Waals surface area contributed by atoms with Crippen LogP contribution in [0.25, 0.3) is 0 Å². The van der Waals surface area contributed by atoms with Crippen LogP contribution in [0.2, 0.25) is 0 Å². The van der Waals surface area contributed by atoms with Crippen molar-refractivity contribution in [2.24, 2.45) is 5.29 Å². The minimum absolute atomic E-state index is 0.505. The zero-order valence-corrected chi connectivity index (χ0v) is 5.50. The summed E-state index contributed by atoms with van der Waals surface area (Å²) < 4.78 is 0. The molecule has 6 heteroatoms. The molecule has 1 aromatic heterocycles. The Kier molecular flexibility index (Phi) is 1.69. The average molecular weight is 144 g/mol. The second kappa shape index (κ2) is 2.49. The molecule has 9 heavy (non-hydrogen) atoms. The summed E-state index contributed by atoms with van der Waals surface area (Å²) in [5, 5.41) is 11.4. The molecule has 5 nitrogen and oxygen atoms in total. The lowest BCUT2D eigenvalue weighted by atomic mass is 11.1. The van der Waals surface area contributed by atoms with Crippen molar-refractivity contribution in [2.45, 2.75) is 0 Å². The smallest absolute Gasteiger partial charge is 0.204 e. The summed E-state index contributed by atoms with van der Waals surface area (Å²) in [7, 11) is 1.52. The van der Waals surface area contributed by atoms with E-state index in [1.165, 1.54) is 23.9 Å². The minimum atomic E-state index is 0.505. The fraction of sp³-hybridized carbons (Fsp3) is 0.333. The minimum Gasteiger partial charge on any atom is -0.204 e. The second-order valence-electron chi connectivity index (χ2n) is 1.33. The highest BCUT2D eigenvalue weighted by Crippen LogP contribution is 2.12. The van der Waals surface area contributed by atoms with Crippen LogP contribution in [-0.4, -0.2) is 17.2 Å². The zero-order valence-electron chi connectivity index (χ0n) is 4.68. The number of nitrogens with zero attached hydrogens (tertiary/aromatic N) is 4. The molecule has 0 amide bonds. The van der Waals surface area contributed by atoms with Crippen LogP contribution >= 0.6 is 11.3 Å². The van der Waals surface area contributed by atoms with Crippen LogP contribution in [0.15, 0.2) is 10.8 Å². The Morgan fingerprint density at radius 3 is 3.11 bits per heavy atom. The van der Waals surface area contributed by atoms with Crippen molar-refractivity contribution in [3.63, 3.8) is 0 Å². The van der Waals surface area contributed by atoms with Crippen LogP contribution in [0.3, 0.4) is 0 Å². The maximum Gasteiger partial charge on any atom is 0.230 e. The second-order valence-corrected chi connectivity index (χ2v) is 2.14. The average Bonchev–Trinajstić information content (AvgIpc) is 2.37. The molecular weight excluding hydrogens is 140 g/mol. The van der Waals surface area contributed by atoms with Crippen LogP contribution < -0.4 is 5.01 Å². The van der Waals surface area contributed by atoms with Gasteiger partial charge in [0.2, 0.25) is 5.13 Å². The zero-order chi connectivity index (χ0) is 6.69. The van der Waals surface area contributed by atoms with Crippen LogP contribution in [0, 0.1) is 4.91 Å². The third kappa shape index (κ3) is 1.20. The molecular formula is C3H4N4OS. The van der Waals surface area contributed by atoms with Crippen molar-refractivity contribution in [3.8, 4) is 0 Å². The van der Waals surface area contributed by atoms with Gasteiger partial charge < -0.3 is 0 Å². The molecule has 1 heterocycles. The van der Waals surface area contributed by atoms with Crippen molar-refractivity contribution in [3.05, 3.63) is 10.4 Å². The van der Waals surface area contributed by atoms with E-state index in [1.807, 2.05) is 0 Å². The number of nitroso groups, excluding NO2 is 1. The maximum atomic E-state index is 9.82. The Labute approximate surface area is 55.3 Å². The predicted molar refractivity (Wildman–Crippen MR) is 34.1 cm³/mol. The van der Waals surface area contributed by atoms with E-state index in [2.05, 4.69) is 15.5 Å². The van der Waals surface area contributed by atoms with E-state index in [4.69, 9.17) is 0 Å². The lowest BCUT2D eigenvalue weighted by Gasteiger charge is -1.98. The summed E-state index contributed by atoms with van der Waals surface area (Å²) in [6.45, 7) is 0. The SMILES string of the molecule is CN(N=O)c1nncs1. The van der Waals surface area contributed by atoms with Crippen LogP contribution in [-0.2, 0) is 0 Å². The first kappa shape index (κ1) is 6.09. The van der Waals surface area contributed by atoms with Crippen molar-refractivity contribution < 1.29 is 0 Å². The monoisotopic (exact) mass is 144 g/mol. The standard InChI is InChI=1S/C3H4N4OS/c1-7(6-8)3-5-4-2-9-3/h2H,1H3. The highest BCUT2D eigenvalue weighted by molar-refractivity contribution is 7.13. The Bertz CT molecular complexity index is 186. The Morgan fingerprint density at radius 2 is 2.67 bits per heavy atom. The fourth-order valence-corrected chi connectivity index (χ4v) is 0.812. The van der Waals surface area contributed by atoms with E-state index < -0.39 is 0 Å². The predicted octanol–water partition coefficient (Wildman–Crippen LogP) is 0.656. The molecule has 0 aromatic carbocycles. The van der Waals surface area contributed by atoms with Gasteiger partial charge in [-0.1, -0.05) is 11.3 Å². The number of hydrogen-bond donors (Lipinski definition) is 0. The van der Waals surface area contributed by atoms with E-state index in [-0.39, 0.29) is 0 Å². The Balaban J connectivity index is 2.76. The van der Waals surface area contributed by atoms with Crippen LogP contribution in [0.5, 0.6) is 0 Å². The van der Waals surface area contributed by atoms with E-state index in [9.17, 15) is 4.91 Å². The molecule has 0 spiro atoms. The first-order chi connectivity index (χ1) is 4.34. The summed E-state index contributed by atoms with van der Waals surface area (Å²) in [5.41, 5.74) is 1.54. The van der Waals surface area contributed by atoms with Gasteiger partial charge in [-0.2, -0.15) is 0 Å². The summed E-state index contributed by atoms with van der Waals surface area (Å²) in [6, 6.07) is 0. The molecule has 0 saturated carbocycles. The van der Waals surface area contributed by atoms with Crippen molar-refractivity contribution in [2.75, 3.05) is 12.1 Å². The number of hydrogen-bond acceptors (Lipinski definition) is 5. The summed E-state index contributed by atoms with van der Waals surface area (Å²) >= 11 is 1.27. The third-order valence-electron chi connectivity index (χ3n) is 0.748. The number of rotatable bonds is 2. The van der Waals surface area contributed by atoms with Gasteiger partial charge in [-0.25, -0.2) is 5.01 Å². The molecule has 0 atom stereocenters. The molecule has 0 saturated heterocycles. The van der Waals surface area contributed by atoms with Crippen molar-refractivity contribution >= 4 is 16.5 Å². The van der Waals surface area contributed by atoms with Gasteiger partial charge in [-0.15, -0.1) is 15.1 Å². The van der Waals surface area contributed by atoms with Gasteiger partial charge >= 0.3 is 0 Å². The molecule has 1 aromatic rings. The molecule has 1 rings (SSSR count). The van der Waals surface area contributed by atoms with Gasteiger partial charge in [0.1, 0.15) is 5.51 Å². The quantitative estimate of drug-likeness (QED) is 0.451. The van der Waals surface area contributed by atoms with Gasteiger partial charge in [0, 0.05) is 7.05 Å². The fourth-order valence-electron chi connectivity index (χ4n) is 0.343. The highest BCUT2D eigenvalue weighted by atomic mass is 32.1. The van der Waals surface area contributed by atoms with Gasteiger partial charge in [-0.3, -0.25) is 0 Å². The molecule has 0 radical (unpaired) electrons. The molecule has 0 bridgehead atoms. The van der Waals surface area contributed by atoms with E-state index in [0.29, 0.717) is 5.13 Å². The number of aromatic nitrogens is 2. The maximum absolute atomic E-state index is 9.82. The normalized spacial score (nSPS) is 9.00. The van der Waals surface area contributed by atoms with Crippen molar-refractivity contribution in [1.29, 1.82) is 0 Å². The van der Waals surface area contributed by atoms with Gasteiger partial charge in [-0.05, 0) is 0 Å². The largest absolute Gasteiger partial charge is 0.230 e. The molecule has 0 fully saturated rings. The summed E-state index contributed by atoms with van der Waals surface area (Å²) in [4.78, 5) is 9.82. The van der Waals surface area contributed by atoms with Gasteiger partial charge in [0.25, 0.3) is 0 Å². The van der Waals surface area contributed by atoms with Gasteiger partial charge in [0.05, 0.1) is 5.29 Å². The molecule has 0 aliphatic carbocycles. The lowest BCUT2D eigenvalue weighted by Crippen LogP contribution is -2.05. The first-order valence-electron chi connectivity index (χ1n) is 2.18. The van der Waals surface area contributed by atoms with E-state index >= 15 is 0 Å². The molecule has 0 aliphatic heterocycles. The third-order valence-corrected chi connectivity index (χ3v) is 1.50. The summed E-state index contributed by atoms with van der Waals surface area (Å²) in [5.74, 6) is 0. The molecule has 48 valence electrons. The molecule has 0 unspecified atom stereocenters. The molecule has 0 aliphatic rings. The number of anilines is 1. The lowest BCUT2D eigenvalue weighted by molar-refractivity contribution is 0.951. The Morgan fingerprint density at radius 1 is 1.89 bits per heavy atom. The van der Waals surface area contributed by atoms with Crippen LogP contribution in [0.1, 0.15) is 0 Å².